The Bertz CT molecular complexity index is 603. The van der Waals surface area contributed by atoms with E-state index in [-0.39, 0.29) is 0 Å². The highest BCUT2D eigenvalue weighted by Gasteiger charge is 2.17. The molecule has 0 spiro atoms. The van der Waals surface area contributed by atoms with Gasteiger partial charge in [-0.2, -0.15) is 0 Å². The Morgan fingerprint density at radius 2 is 0.727 bits per heavy atom. The van der Waals surface area contributed by atoms with E-state index in [1.165, 1.54) is 0 Å². The van der Waals surface area contributed by atoms with Crippen molar-refractivity contribution in [2.75, 3.05) is 0 Å². The molecule has 2 aromatic rings. The molecule has 10 heteroatoms. The third-order valence-electron chi connectivity index (χ3n) is 2.17. The van der Waals surface area contributed by atoms with Gasteiger partial charge in [0.2, 0.25) is 0 Å². The second-order valence-electron chi connectivity index (χ2n) is 3.64. The topological polar surface area (TPSA) is 0 Å². The van der Waals surface area contributed by atoms with Crippen LogP contribution in [-0.2, 0) is 0 Å². The van der Waals surface area contributed by atoms with Gasteiger partial charge in [0.25, 0.3) is 0 Å². The smallest absolute Gasteiger partial charge is 0.198 e. The lowest BCUT2D eigenvalue weighted by molar-refractivity contribution is 0.399. The number of rotatable bonds is 0. The molecule has 22 heavy (non-hydrogen) atoms. The standard InChI is InChI=1S/2C6H2F4S/c2*7-2-1-3(11)5(9)6(10)4(2)8/h2*1,11H. The van der Waals surface area contributed by atoms with Gasteiger partial charge in [-0.25, -0.2) is 35.1 Å². The predicted octanol–water partition coefficient (Wildman–Crippen LogP) is 5.06. The molecule has 0 nitrogen and oxygen atoms in total. The monoisotopic (exact) mass is 364 g/mol. The summed E-state index contributed by atoms with van der Waals surface area (Å²) in [5.74, 6) is -13.2. The van der Waals surface area contributed by atoms with Crippen LogP contribution < -0.4 is 0 Å². The molecule has 0 aliphatic heterocycles. The van der Waals surface area contributed by atoms with E-state index in [0.717, 1.165) is 0 Å². The molecule has 0 atom stereocenters. The Kier molecular flexibility index (Phi) is 6.12. The second kappa shape index (κ2) is 7.23. The van der Waals surface area contributed by atoms with E-state index in [2.05, 4.69) is 25.3 Å². The zero-order valence-electron chi connectivity index (χ0n) is 10.1. The molecule has 0 bridgehead atoms. The summed E-state index contributed by atoms with van der Waals surface area (Å²) in [5.41, 5.74) is 0. The van der Waals surface area contributed by atoms with Gasteiger partial charge in [0, 0.05) is 9.79 Å². The van der Waals surface area contributed by atoms with E-state index in [1.54, 1.807) is 0 Å². The van der Waals surface area contributed by atoms with Gasteiger partial charge in [-0.3, -0.25) is 0 Å². The number of hydrogen-bond acceptors (Lipinski definition) is 2. The molecule has 0 unspecified atom stereocenters. The van der Waals surface area contributed by atoms with Crippen molar-refractivity contribution < 1.29 is 35.1 Å². The molecular weight excluding hydrogens is 360 g/mol. The lowest BCUT2D eigenvalue weighted by Crippen LogP contribution is -1.95. The van der Waals surface area contributed by atoms with Gasteiger partial charge in [-0.1, -0.05) is 0 Å². The largest absolute Gasteiger partial charge is 0.204 e. The van der Waals surface area contributed by atoms with Gasteiger partial charge in [0.15, 0.2) is 46.5 Å². The molecule has 0 aliphatic carbocycles. The SMILES string of the molecule is Fc1cc(S)c(F)c(F)c1F.Fc1cc(S)c(F)c(F)c1F. The van der Waals surface area contributed by atoms with Crippen LogP contribution in [0.2, 0.25) is 0 Å². The van der Waals surface area contributed by atoms with Crippen molar-refractivity contribution in [3.8, 4) is 0 Å². The van der Waals surface area contributed by atoms with E-state index < -0.39 is 56.3 Å². The summed E-state index contributed by atoms with van der Waals surface area (Å²) in [6, 6.07) is 0.938. The molecule has 2 aromatic carbocycles. The number of hydrogen-bond donors (Lipinski definition) is 2. The van der Waals surface area contributed by atoms with Crippen LogP contribution in [-0.4, -0.2) is 0 Å². The van der Waals surface area contributed by atoms with Gasteiger partial charge >= 0.3 is 0 Å². The highest BCUT2D eigenvalue weighted by atomic mass is 32.1. The Hall–Kier alpha value is -1.42. The van der Waals surface area contributed by atoms with E-state index in [1.807, 2.05) is 0 Å². The fourth-order valence-electron chi connectivity index (χ4n) is 1.12. The van der Waals surface area contributed by atoms with Crippen molar-refractivity contribution in [3.63, 3.8) is 0 Å². The fraction of sp³-hybridized carbons (Fsp3) is 0. The minimum absolute atomic E-state index is 0.469. The molecule has 2 rings (SSSR count). The number of benzene rings is 2. The predicted molar refractivity (Wildman–Crippen MR) is 67.1 cm³/mol. The van der Waals surface area contributed by atoms with Crippen molar-refractivity contribution >= 4 is 25.3 Å². The molecule has 0 fully saturated rings. The van der Waals surface area contributed by atoms with Crippen molar-refractivity contribution in [2.45, 2.75) is 9.79 Å². The molecule has 0 radical (unpaired) electrons. The van der Waals surface area contributed by atoms with Crippen LogP contribution in [0.5, 0.6) is 0 Å². The van der Waals surface area contributed by atoms with Crippen molar-refractivity contribution in [1.29, 1.82) is 0 Å². The second-order valence-corrected chi connectivity index (χ2v) is 4.60. The molecule has 0 aliphatic rings. The Balaban J connectivity index is 0.000000220. The van der Waals surface area contributed by atoms with Gasteiger partial charge in [-0.05, 0) is 12.1 Å². The maximum Gasteiger partial charge on any atom is 0.198 e. The summed E-state index contributed by atoms with van der Waals surface area (Å²) in [4.78, 5) is -1.11. The van der Waals surface area contributed by atoms with E-state index in [9.17, 15) is 35.1 Å². The lowest BCUT2D eigenvalue weighted by atomic mass is 10.3. The molecule has 0 aromatic heterocycles. The number of halogens is 8. The van der Waals surface area contributed by atoms with Crippen LogP contribution in [0.1, 0.15) is 0 Å². The number of thiol groups is 2. The normalized spacial score (nSPS) is 10.3. The summed E-state index contributed by atoms with van der Waals surface area (Å²) in [6.07, 6.45) is 0. The quantitative estimate of drug-likeness (QED) is 0.278. The molecule has 120 valence electrons. The van der Waals surface area contributed by atoms with Gasteiger partial charge in [0.05, 0.1) is 0 Å². The summed E-state index contributed by atoms with van der Waals surface area (Å²) in [6.45, 7) is 0. The van der Waals surface area contributed by atoms with E-state index >= 15 is 0 Å². The summed E-state index contributed by atoms with van der Waals surface area (Å²) >= 11 is 6.73. The zero-order chi connectivity index (χ0) is 17.2. The summed E-state index contributed by atoms with van der Waals surface area (Å²) < 4.78 is 97.7. The first kappa shape index (κ1) is 18.6. The average molecular weight is 364 g/mol. The molecule has 0 N–H and O–H groups in total. The van der Waals surface area contributed by atoms with Crippen molar-refractivity contribution in [2.24, 2.45) is 0 Å². The Morgan fingerprint density at radius 1 is 0.455 bits per heavy atom. The van der Waals surface area contributed by atoms with Gasteiger partial charge in [0.1, 0.15) is 0 Å². The van der Waals surface area contributed by atoms with Crippen LogP contribution in [0.15, 0.2) is 21.9 Å². The van der Waals surface area contributed by atoms with Crippen LogP contribution in [0.3, 0.4) is 0 Å². The van der Waals surface area contributed by atoms with E-state index in [0.29, 0.717) is 12.1 Å². The van der Waals surface area contributed by atoms with Crippen LogP contribution in [0.25, 0.3) is 0 Å². The molecule has 0 saturated heterocycles. The molecule has 0 saturated carbocycles. The third-order valence-corrected chi connectivity index (χ3v) is 2.82. The highest BCUT2D eigenvalue weighted by Crippen LogP contribution is 2.21. The fourth-order valence-corrected chi connectivity index (χ4v) is 1.54. The van der Waals surface area contributed by atoms with E-state index in [4.69, 9.17) is 0 Å². The summed E-state index contributed by atoms with van der Waals surface area (Å²) in [7, 11) is 0. The van der Waals surface area contributed by atoms with Gasteiger partial charge in [-0.15, -0.1) is 25.3 Å². The van der Waals surface area contributed by atoms with Crippen molar-refractivity contribution in [1.82, 2.24) is 0 Å². The Labute approximate surface area is 129 Å². The minimum Gasteiger partial charge on any atom is -0.204 e. The zero-order valence-corrected chi connectivity index (χ0v) is 11.9. The summed E-state index contributed by atoms with van der Waals surface area (Å²) in [5, 5.41) is 0. The first-order valence-corrected chi connectivity index (χ1v) is 6.01. The average Bonchev–Trinajstić information content (AvgIpc) is 2.47. The van der Waals surface area contributed by atoms with Crippen LogP contribution >= 0.6 is 25.3 Å². The maximum absolute atomic E-state index is 12.3. The van der Waals surface area contributed by atoms with Gasteiger partial charge < -0.3 is 0 Å². The van der Waals surface area contributed by atoms with Crippen LogP contribution in [0, 0.1) is 46.5 Å². The lowest BCUT2D eigenvalue weighted by Gasteiger charge is -1.98. The molecule has 0 heterocycles. The third kappa shape index (κ3) is 3.86. The van der Waals surface area contributed by atoms with Crippen LogP contribution in [0.4, 0.5) is 35.1 Å². The Morgan fingerprint density at radius 3 is 1.00 bits per heavy atom. The van der Waals surface area contributed by atoms with Crippen molar-refractivity contribution in [3.05, 3.63) is 58.7 Å². The highest BCUT2D eigenvalue weighted by molar-refractivity contribution is 7.80. The maximum atomic E-state index is 12.3. The minimum atomic E-state index is -1.84. The first-order chi connectivity index (χ1) is 10.1. The molecule has 0 amide bonds. The first-order valence-electron chi connectivity index (χ1n) is 5.11. The molecular formula is C12H4F8S2.